The van der Waals surface area contributed by atoms with E-state index in [2.05, 4.69) is 10.6 Å². The molecule has 1 unspecified atom stereocenters. The molecule has 9 heteroatoms. The number of anilines is 1. The molecule has 1 fully saturated rings. The first-order chi connectivity index (χ1) is 17.4. The highest BCUT2D eigenvalue weighted by molar-refractivity contribution is 6.00. The molecule has 8 nitrogen and oxygen atoms in total. The van der Waals surface area contributed by atoms with Gasteiger partial charge in [-0.1, -0.05) is 36.4 Å². The lowest BCUT2D eigenvalue weighted by Gasteiger charge is -2.29. The van der Waals surface area contributed by atoms with E-state index in [1.165, 1.54) is 34.1 Å². The number of hydrogen-bond acceptors (Lipinski definition) is 4. The summed E-state index contributed by atoms with van der Waals surface area (Å²) in [5.74, 6) is -1.44. The minimum absolute atomic E-state index is 0.151. The van der Waals surface area contributed by atoms with E-state index in [1.54, 1.807) is 6.07 Å². The van der Waals surface area contributed by atoms with Crippen LogP contribution in [0.2, 0.25) is 0 Å². The van der Waals surface area contributed by atoms with Crippen LogP contribution in [0.25, 0.3) is 0 Å². The third-order valence-electron chi connectivity index (χ3n) is 5.98. The first-order valence-electron chi connectivity index (χ1n) is 11.6. The molecule has 0 aliphatic carbocycles. The van der Waals surface area contributed by atoms with Crippen LogP contribution < -0.4 is 16.4 Å². The van der Waals surface area contributed by atoms with Gasteiger partial charge in [0, 0.05) is 37.4 Å². The lowest BCUT2D eigenvalue weighted by Crippen LogP contribution is -2.54. The van der Waals surface area contributed by atoms with E-state index >= 15 is 0 Å². The molecule has 3 aromatic carbocycles. The number of urea groups is 1. The van der Waals surface area contributed by atoms with Crippen molar-refractivity contribution in [2.24, 2.45) is 5.73 Å². The van der Waals surface area contributed by atoms with Crippen LogP contribution in [0, 0.1) is 12.7 Å². The van der Waals surface area contributed by atoms with E-state index in [1.807, 2.05) is 49.4 Å². The van der Waals surface area contributed by atoms with Crippen LogP contribution in [0.5, 0.6) is 0 Å². The molecule has 186 valence electrons. The predicted octanol–water partition coefficient (Wildman–Crippen LogP) is 3.23. The van der Waals surface area contributed by atoms with Crippen molar-refractivity contribution in [3.63, 3.8) is 0 Å². The van der Waals surface area contributed by atoms with Crippen molar-refractivity contribution in [3.8, 4) is 0 Å². The van der Waals surface area contributed by atoms with Gasteiger partial charge < -0.3 is 21.3 Å². The average Bonchev–Trinajstić information content (AvgIpc) is 3.33. The van der Waals surface area contributed by atoms with Crippen molar-refractivity contribution in [1.29, 1.82) is 0 Å². The number of carbonyl (C=O) groups is 3. The normalized spacial score (nSPS) is 15.0. The Bertz CT molecular complexity index is 1260. The maximum atomic E-state index is 13.4. The van der Waals surface area contributed by atoms with Crippen molar-refractivity contribution in [3.05, 3.63) is 101 Å². The number of amides is 4. The van der Waals surface area contributed by atoms with E-state index in [0.29, 0.717) is 12.2 Å². The highest BCUT2D eigenvalue weighted by Gasteiger charge is 2.43. The first-order valence-corrected chi connectivity index (χ1v) is 11.6. The number of aryl methyl sites for hydroxylation is 1. The van der Waals surface area contributed by atoms with Gasteiger partial charge in [-0.25, -0.2) is 9.18 Å². The monoisotopic (exact) mass is 489 g/mol. The summed E-state index contributed by atoms with van der Waals surface area (Å²) in [4.78, 5) is 42.5. The highest BCUT2D eigenvalue weighted by Crippen LogP contribution is 2.21. The summed E-state index contributed by atoms with van der Waals surface area (Å²) >= 11 is 0. The summed E-state index contributed by atoms with van der Waals surface area (Å²) in [6, 6.07) is 19.4. The number of nitrogens with two attached hydrogens (primary N) is 1. The Morgan fingerprint density at radius 3 is 2.36 bits per heavy atom. The molecule has 1 saturated heterocycles. The van der Waals surface area contributed by atoms with Gasteiger partial charge in [-0.15, -0.1) is 0 Å². The van der Waals surface area contributed by atoms with Gasteiger partial charge in [0.15, 0.2) is 6.17 Å². The predicted molar refractivity (Wildman–Crippen MR) is 134 cm³/mol. The molecule has 0 radical (unpaired) electrons. The summed E-state index contributed by atoms with van der Waals surface area (Å²) in [6.45, 7) is 2.79. The fourth-order valence-electron chi connectivity index (χ4n) is 4.16. The van der Waals surface area contributed by atoms with E-state index < -0.39 is 29.8 Å². The number of benzene rings is 3. The molecule has 1 aliphatic rings. The Balaban J connectivity index is 1.56. The first kappa shape index (κ1) is 24.9. The van der Waals surface area contributed by atoms with Crippen LogP contribution in [0.4, 0.5) is 14.9 Å². The Kier molecular flexibility index (Phi) is 7.60. The molecule has 0 bridgehead atoms. The van der Waals surface area contributed by atoms with Gasteiger partial charge in [0.05, 0.1) is 0 Å². The van der Waals surface area contributed by atoms with Crippen LogP contribution in [0.3, 0.4) is 0 Å². The largest absolute Gasteiger partial charge is 0.349 e. The summed E-state index contributed by atoms with van der Waals surface area (Å²) < 4.78 is 13.4. The smallest absolute Gasteiger partial charge is 0.323 e. The Labute approximate surface area is 208 Å². The topological polar surface area (TPSA) is 108 Å². The molecular weight excluding hydrogens is 461 g/mol. The Morgan fingerprint density at radius 1 is 0.944 bits per heavy atom. The van der Waals surface area contributed by atoms with E-state index in [4.69, 9.17) is 5.73 Å². The molecule has 0 spiro atoms. The third-order valence-corrected chi connectivity index (χ3v) is 5.98. The quantitative estimate of drug-likeness (QED) is 0.494. The molecule has 0 aromatic heterocycles. The zero-order valence-corrected chi connectivity index (χ0v) is 19.9. The van der Waals surface area contributed by atoms with Crippen molar-refractivity contribution < 1.29 is 18.8 Å². The molecule has 36 heavy (non-hydrogen) atoms. The van der Waals surface area contributed by atoms with Crippen LogP contribution in [0.1, 0.15) is 27.0 Å². The van der Waals surface area contributed by atoms with Crippen LogP contribution in [-0.4, -0.2) is 46.9 Å². The van der Waals surface area contributed by atoms with Crippen LogP contribution in [0.15, 0.2) is 72.8 Å². The van der Waals surface area contributed by atoms with Crippen LogP contribution in [-0.2, 0) is 17.9 Å². The van der Waals surface area contributed by atoms with Crippen LogP contribution >= 0.6 is 0 Å². The molecule has 3 aromatic rings. The Morgan fingerprint density at radius 2 is 1.64 bits per heavy atom. The summed E-state index contributed by atoms with van der Waals surface area (Å²) in [5, 5.41) is 5.65. The number of nitrogens with one attached hydrogen (secondary N) is 2. The zero-order valence-electron chi connectivity index (χ0n) is 19.9. The number of carbonyl (C=O) groups excluding carboxylic acids is 3. The lowest BCUT2D eigenvalue weighted by atomic mass is 10.1. The fraction of sp³-hybridized carbons (Fsp3) is 0.222. The van der Waals surface area contributed by atoms with E-state index in [0.717, 1.165) is 16.7 Å². The molecular formula is C27H28FN5O3. The minimum Gasteiger partial charge on any atom is -0.349 e. The second kappa shape index (κ2) is 11.0. The summed E-state index contributed by atoms with van der Waals surface area (Å²) in [5.41, 5.74) is 9.26. The SMILES string of the molecule is Cc1cccc(NC(=O)N2CCN(C(=O)c3ccc(F)cc3)C2C(=O)NCc2cccc(CN)c2)c1. The second-order valence-corrected chi connectivity index (χ2v) is 8.61. The van der Waals surface area contributed by atoms with E-state index in [9.17, 15) is 18.8 Å². The average molecular weight is 490 g/mol. The van der Waals surface area contributed by atoms with Crippen molar-refractivity contribution in [2.45, 2.75) is 26.2 Å². The van der Waals surface area contributed by atoms with Gasteiger partial charge in [-0.2, -0.15) is 0 Å². The van der Waals surface area contributed by atoms with Gasteiger partial charge in [0.1, 0.15) is 5.82 Å². The molecule has 4 rings (SSSR count). The molecule has 1 heterocycles. The number of rotatable bonds is 6. The minimum atomic E-state index is -1.18. The van der Waals surface area contributed by atoms with Crippen molar-refractivity contribution >= 4 is 23.5 Å². The lowest BCUT2D eigenvalue weighted by molar-refractivity contribution is -0.128. The maximum absolute atomic E-state index is 13.4. The third kappa shape index (κ3) is 5.69. The van der Waals surface area contributed by atoms with E-state index in [-0.39, 0.29) is 25.2 Å². The zero-order chi connectivity index (χ0) is 25.7. The molecule has 4 N–H and O–H groups in total. The van der Waals surface area contributed by atoms with Gasteiger partial charge in [0.2, 0.25) is 0 Å². The number of halogens is 1. The van der Waals surface area contributed by atoms with Gasteiger partial charge >= 0.3 is 6.03 Å². The maximum Gasteiger partial charge on any atom is 0.323 e. The molecule has 1 atom stereocenters. The molecule has 1 aliphatic heterocycles. The summed E-state index contributed by atoms with van der Waals surface area (Å²) in [7, 11) is 0. The standard InChI is InChI=1S/C27H28FN5O3/c1-18-4-2-7-23(14-18)31-27(36)33-13-12-32(26(35)21-8-10-22(28)11-9-21)25(33)24(34)30-17-20-6-3-5-19(15-20)16-29/h2-11,14-15,25H,12-13,16-17,29H2,1H3,(H,30,34)(H,31,36). The van der Waals surface area contributed by atoms with Crippen molar-refractivity contribution in [1.82, 2.24) is 15.1 Å². The van der Waals surface area contributed by atoms with Crippen molar-refractivity contribution in [2.75, 3.05) is 18.4 Å². The Hall–Kier alpha value is -4.24. The molecule has 4 amide bonds. The molecule has 0 saturated carbocycles. The fourth-order valence-corrected chi connectivity index (χ4v) is 4.16. The van der Waals surface area contributed by atoms with Gasteiger partial charge in [-0.05, 0) is 60.0 Å². The number of nitrogens with zero attached hydrogens (tertiary/aromatic N) is 2. The second-order valence-electron chi connectivity index (χ2n) is 8.61. The van der Waals surface area contributed by atoms with Gasteiger partial charge in [-0.3, -0.25) is 14.5 Å². The van der Waals surface area contributed by atoms with Gasteiger partial charge in [0.25, 0.3) is 11.8 Å². The summed E-state index contributed by atoms with van der Waals surface area (Å²) in [6.07, 6.45) is -1.18. The highest BCUT2D eigenvalue weighted by atomic mass is 19.1. The number of hydrogen-bond donors (Lipinski definition) is 3.